The van der Waals surface area contributed by atoms with E-state index in [4.69, 9.17) is 4.42 Å². The van der Waals surface area contributed by atoms with Crippen LogP contribution in [0.15, 0.2) is 16.7 Å². The summed E-state index contributed by atoms with van der Waals surface area (Å²) < 4.78 is 5.77. The second-order valence-corrected chi connectivity index (χ2v) is 6.80. The minimum atomic E-state index is 0.691. The lowest BCUT2D eigenvalue weighted by atomic mass is 9.98. The summed E-state index contributed by atoms with van der Waals surface area (Å²) in [4.78, 5) is 2.64. The van der Waals surface area contributed by atoms with E-state index >= 15 is 0 Å². The molecule has 120 valence electrons. The van der Waals surface area contributed by atoms with Crippen molar-refractivity contribution < 1.29 is 4.42 Å². The molecule has 0 spiro atoms. The fraction of sp³-hybridized carbons (Fsp3) is 0.778. The molecular formula is C18H32N2O. The Morgan fingerprint density at radius 1 is 1.38 bits per heavy atom. The predicted octanol–water partition coefficient (Wildman–Crippen LogP) is 4.18. The molecule has 1 aliphatic heterocycles. The van der Waals surface area contributed by atoms with Gasteiger partial charge in [0.05, 0.1) is 12.8 Å². The molecule has 2 rings (SSSR count). The van der Waals surface area contributed by atoms with Crippen molar-refractivity contribution in [2.75, 3.05) is 13.1 Å². The van der Waals surface area contributed by atoms with Crippen molar-refractivity contribution in [3.05, 3.63) is 23.7 Å². The maximum Gasteiger partial charge on any atom is 0.122 e. The van der Waals surface area contributed by atoms with Crippen molar-refractivity contribution in [2.45, 2.75) is 72.0 Å². The first-order valence-corrected chi connectivity index (χ1v) is 8.70. The third kappa shape index (κ3) is 5.15. The number of furan rings is 1. The van der Waals surface area contributed by atoms with Gasteiger partial charge in [-0.3, -0.25) is 4.90 Å². The Kier molecular flexibility index (Phi) is 6.78. The van der Waals surface area contributed by atoms with Crippen LogP contribution in [0.25, 0.3) is 0 Å². The van der Waals surface area contributed by atoms with Gasteiger partial charge in [-0.1, -0.05) is 33.6 Å². The second-order valence-electron chi connectivity index (χ2n) is 6.80. The monoisotopic (exact) mass is 292 g/mol. The minimum absolute atomic E-state index is 0.691. The van der Waals surface area contributed by atoms with Crippen LogP contribution in [0.4, 0.5) is 0 Å². The largest absolute Gasteiger partial charge is 0.468 e. The average Bonchev–Trinajstić information content (AvgIpc) is 2.88. The second kappa shape index (κ2) is 8.60. The van der Waals surface area contributed by atoms with Crippen LogP contribution in [0, 0.1) is 5.92 Å². The van der Waals surface area contributed by atoms with E-state index in [1.165, 1.54) is 44.2 Å². The molecule has 0 radical (unpaired) electrons. The Morgan fingerprint density at radius 3 is 3.00 bits per heavy atom. The van der Waals surface area contributed by atoms with Crippen molar-refractivity contribution in [1.82, 2.24) is 10.2 Å². The van der Waals surface area contributed by atoms with Crippen molar-refractivity contribution in [1.29, 1.82) is 0 Å². The fourth-order valence-corrected chi connectivity index (χ4v) is 3.27. The van der Waals surface area contributed by atoms with Crippen LogP contribution < -0.4 is 5.32 Å². The Bertz CT molecular complexity index is 398. The normalized spacial score (nSPS) is 20.3. The average molecular weight is 292 g/mol. The van der Waals surface area contributed by atoms with E-state index in [-0.39, 0.29) is 0 Å². The number of hydrogen-bond donors (Lipinski definition) is 1. The first-order chi connectivity index (χ1) is 10.2. The van der Waals surface area contributed by atoms with Gasteiger partial charge in [0.1, 0.15) is 5.76 Å². The van der Waals surface area contributed by atoms with Crippen LogP contribution in [0.1, 0.15) is 64.2 Å². The maximum atomic E-state index is 5.77. The van der Waals surface area contributed by atoms with Gasteiger partial charge < -0.3 is 9.73 Å². The molecule has 1 aromatic heterocycles. The highest BCUT2D eigenvalue weighted by molar-refractivity contribution is 5.17. The first kappa shape index (κ1) is 16.6. The summed E-state index contributed by atoms with van der Waals surface area (Å²) in [5.74, 6) is 1.85. The van der Waals surface area contributed by atoms with Gasteiger partial charge in [-0.25, -0.2) is 0 Å². The molecule has 2 heterocycles. The molecule has 0 amide bonds. The summed E-state index contributed by atoms with van der Waals surface area (Å²) in [6, 6.07) is 2.88. The summed E-state index contributed by atoms with van der Waals surface area (Å²) in [5.41, 5.74) is 1.33. The van der Waals surface area contributed by atoms with Gasteiger partial charge in [0.2, 0.25) is 0 Å². The van der Waals surface area contributed by atoms with Crippen LogP contribution in [-0.4, -0.2) is 24.0 Å². The molecule has 0 aromatic carbocycles. The predicted molar refractivity (Wildman–Crippen MR) is 88.2 cm³/mol. The van der Waals surface area contributed by atoms with E-state index in [1.54, 1.807) is 0 Å². The Morgan fingerprint density at radius 2 is 2.24 bits per heavy atom. The van der Waals surface area contributed by atoms with Gasteiger partial charge in [0.15, 0.2) is 0 Å². The van der Waals surface area contributed by atoms with Crippen LogP contribution in [0.2, 0.25) is 0 Å². The van der Waals surface area contributed by atoms with Crippen molar-refractivity contribution in [3.8, 4) is 0 Å². The lowest BCUT2D eigenvalue weighted by molar-refractivity contribution is 0.121. The van der Waals surface area contributed by atoms with Crippen LogP contribution >= 0.6 is 0 Å². The molecule has 0 aliphatic carbocycles. The molecule has 1 aliphatic rings. The highest BCUT2D eigenvalue weighted by atomic mass is 16.3. The van der Waals surface area contributed by atoms with Crippen LogP contribution in [0.5, 0.6) is 0 Å². The third-order valence-corrected chi connectivity index (χ3v) is 4.42. The highest BCUT2D eigenvalue weighted by Crippen LogP contribution is 2.24. The summed E-state index contributed by atoms with van der Waals surface area (Å²) in [7, 11) is 0. The zero-order valence-electron chi connectivity index (χ0n) is 14.0. The molecule has 3 heteroatoms. The molecular weight excluding hydrogens is 260 g/mol. The number of piperidine rings is 1. The van der Waals surface area contributed by atoms with E-state index < -0.39 is 0 Å². The number of rotatable bonds is 8. The number of hydrogen-bond acceptors (Lipinski definition) is 3. The van der Waals surface area contributed by atoms with E-state index in [1.807, 2.05) is 6.26 Å². The van der Waals surface area contributed by atoms with Crippen molar-refractivity contribution in [3.63, 3.8) is 0 Å². The van der Waals surface area contributed by atoms with Gasteiger partial charge in [-0.2, -0.15) is 0 Å². The van der Waals surface area contributed by atoms with E-state index in [0.29, 0.717) is 5.92 Å². The lowest BCUT2D eigenvalue weighted by Crippen LogP contribution is -2.39. The van der Waals surface area contributed by atoms with Crippen molar-refractivity contribution in [2.24, 2.45) is 5.92 Å². The molecule has 1 aromatic rings. The summed E-state index contributed by atoms with van der Waals surface area (Å²) in [6.07, 6.45) is 8.53. The third-order valence-electron chi connectivity index (χ3n) is 4.42. The topological polar surface area (TPSA) is 28.4 Å². The van der Waals surface area contributed by atoms with Gasteiger partial charge in [0, 0.05) is 18.2 Å². The molecule has 0 bridgehead atoms. The number of nitrogens with zero attached hydrogens (tertiary/aromatic N) is 1. The summed E-state index contributed by atoms with van der Waals surface area (Å²) >= 11 is 0. The van der Waals surface area contributed by atoms with Gasteiger partial charge in [-0.05, 0) is 44.3 Å². The zero-order valence-corrected chi connectivity index (χ0v) is 14.0. The fourth-order valence-electron chi connectivity index (χ4n) is 3.27. The van der Waals surface area contributed by atoms with Crippen LogP contribution in [0.3, 0.4) is 0 Å². The Balaban J connectivity index is 1.90. The first-order valence-electron chi connectivity index (χ1n) is 8.70. The molecule has 1 saturated heterocycles. The molecule has 21 heavy (non-hydrogen) atoms. The standard InChI is InChI=1S/C18H32N2O/c1-4-7-17-8-5-6-10-20(17)14-18-16(9-11-21-18)13-19-12-15(2)3/h9,11,15,17,19H,4-8,10,12-14H2,1-3H3. The van der Waals surface area contributed by atoms with E-state index in [2.05, 4.69) is 37.1 Å². The quantitative estimate of drug-likeness (QED) is 0.779. The highest BCUT2D eigenvalue weighted by Gasteiger charge is 2.23. The van der Waals surface area contributed by atoms with Gasteiger partial charge in [-0.15, -0.1) is 0 Å². The molecule has 1 fully saturated rings. The van der Waals surface area contributed by atoms with Crippen LogP contribution in [-0.2, 0) is 13.1 Å². The van der Waals surface area contributed by atoms with E-state index in [0.717, 1.165) is 31.4 Å². The van der Waals surface area contributed by atoms with Crippen molar-refractivity contribution >= 4 is 0 Å². The Hall–Kier alpha value is -0.800. The maximum absolute atomic E-state index is 5.77. The molecule has 1 unspecified atom stereocenters. The summed E-state index contributed by atoms with van der Waals surface area (Å²) in [6.45, 7) is 11.0. The molecule has 1 atom stereocenters. The SMILES string of the molecule is CCCC1CCCCN1Cc1occc1CNCC(C)C. The molecule has 3 nitrogen and oxygen atoms in total. The smallest absolute Gasteiger partial charge is 0.122 e. The number of nitrogens with one attached hydrogen (secondary N) is 1. The van der Waals surface area contributed by atoms with E-state index in [9.17, 15) is 0 Å². The Labute approximate surface area is 130 Å². The number of likely N-dealkylation sites (tertiary alicyclic amines) is 1. The lowest BCUT2D eigenvalue weighted by Gasteiger charge is -2.35. The van der Waals surface area contributed by atoms with Gasteiger partial charge >= 0.3 is 0 Å². The van der Waals surface area contributed by atoms with Gasteiger partial charge in [0.25, 0.3) is 0 Å². The minimum Gasteiger partial charge on any atom is -0.468 e. The zero-order chi connectivity index (χ0) is 15.1. The molecule has 1 N–H and O–H groups in total. The summed E-state index contributed by atoms with van der Waals surface area (Å²) in [5, 5.41) is 3.52. The molecule has 0 saturated carbocycles.